The second kappa shape index (κ2) is 4.75. The lowest BCUT2D eigenvalue weighted by molar-refractivity contribution is -0.290. The van der Waals surface area contributed by atoms with Gasteiger partial charge in [0.15, 0.2) is 6.10 Å². The maximum atomic E-state index is 12.5. The number of aliphatic hydroxyl groups excluding tert-OH is 1. The van der Waals surface area contributed by atoms with Crippen LogP contribution in [-0.4, -0.2) is 34.9 Å². The van der Waals surface area contributed by atoms with Gasteiger partial charge in [-0.05, 0) is 20.8 Å². The second-order valence-electron chi connectivity index (χ2n) is 4.46. The fourth-order valence-electron chi connectivity index (χ4n) is 0.812. The minimum absolute atomic E-state index is 1.08. The largest absolute Gasteiger partial charge is 0.458 e. The van der Waals surface area contributed by atoms with E-state index in [1.165, 1.54) is 20.8 Å². The average Bonchev–Trinajstić information content (AvgIpc) is 1.97. The Morgan fingerprint density at radius 2 is 1.59 bits per heavy atom. The normalized spacial score (nSPS) is 15.6. The molecule has 0 rings (SSSR count). The molecule has 0 aromatic heterocycles. The zero-order valence-corrected chi connectivity index (χ0v) is 9.44. The molecule has 8 heteroatoms. The third-order valence-corrected chi connectivity index (χ3v) is 1.54. The molecule has 102 valence electrons. The van der Waals surface area contributed by atoms with Crippen molar-refractivity contribution in [2.75, 3.05) is 0 Å². The number of carbonyl (C=O) groups is 1. The molecule has 3 nitrogen and oxygen atoms in total. The van der Waals surface area contributed by atoms with Crippen LogP contribution in [0.1, 0.15) is 27.2 Å². The Balaban J connectivity index is 4.56. The quantitative estimate of drug-likeness (QED) is 0.628. The SMILES string of the molecule is CC(C)(C)OC(=O)C(O)CC(F)(F)C(F)(F)F. The molecule has 0 aliphatic carbocycles. The van der Waals surface area contributed by atoms with Crippen LogP contribution in [0.3, 0.4) is 0 Å². The Kier molecular flexibility index (Phi) is 4.50. The average molecular weight is 264 g/mol. The number of rotatable bonds is 3. The fourth-order valence-corrected chi connectivity index (χ4v) is 0.812. The molecule has 0 radical (unpaired) electrons. The minimum Gasteiger partial charge on any atom is -0.458 e. The van der Waals surface area contributed by atoms with Gasteiger partial charge in [0, 0.05) is 0 Å². The second-order valence-corrected chi connectivity index (χ2v) is 4.46. The molecule has 0 saturated carbocycles. The van der Waals surface area contributed by atoms with Crippen LogP contribution in [-0.2, 0) is 9.53 Å². The molecule has 1 unspecified atom stereocenters. The Labute approximate surface area is 94.6 Å². The molecule has 0 bridgehead atoms. The molecule has 0 aromatic rings. The number of alkyl halides is 5. The summed E-state index contributed by atoms with van der Waals surface area (Å²) >= 11 is 0. The molecule has 0 aliphatic rings. The lowest BCUT2D eigenvalue weighted by atomic mass is 10.1. The van der Waals surface area contributed by atoms with E-state index in [9.17, 15) is 26.7 Å². The van der Waals surface area contributed by atoms with E-state index < -0.39 is 36.2 Å². The first-order chi connectivity index (χ1) is 7.26. The van der Waals surface area contributed by atoms with Gasteiger partial charge in [0.25, 0.3) is 0 Å². The van der Waals surface area contributed by atoms with Gasteiger partial charge in [0.2, 0.25) is 0 Å². The maximum absolute atomic E-state index is 12.5. The summed E-state index contributed by atoms with van der Waals surface area (Å²) in [7, 11) is 0. The van der Waals surface area contributed by atoms with E-state index in [1.54, 1.807) is 0 Å². The van der Waals surface area contributed by atoms with Gasteiger partial charge in [0.1, 0.15) is 5.60 Å². The molecule has 0 fully saturated rings. The molecule has 1 atom stereocenters. The minimum atomic E-state index is -5.81. The van der Waals surface area contributed by atoms with E-state index in [1.807, 2.05) is 0 Å². The Morgan fingerprint density at radius 3 is 1.88 bits per heavy atom. The molecule has 0 aliphatic heterocycles. The van der Waals surface area contributed by atoms with Crippen LogP contribution < -0.4 is 0 Å². The highest BCUT2D eigenvalue weighted by Crippen LogP contribution is 2.39. The molecular formula is C9H13F5O3. The van der Waals surface area contributed by atoms with Crippen LogP contribution in [0.4, 0.5) is 22.0 Å². The number of esters is 1. The van der Waals surface area contributed by atoms with E-state index in [0.29, 0.717) is 0 Å². The van der Waals surface area contributed by atoms with Gasteiger partial charge in [0.05, 0.1) is 6.42 Å². The van der Waals surface area contributed by atoms with E-state index >= 15 is 0 Å². The summed E-state index contributed by atoms with van der Waals surface area (Å²) < 4.78 is 64.8. The zero-order valence-electron chi connectivity index (χ0n) is 9.44. The van der Waals surface area contributed by atoms with Crippen LogP contribution >= 0.6 is 0 Å². The van der Waals surface area contributed by atoms with Crippen LogP contribution in [0.2, 0.25) is 0 Å². The zero-order chi connectivity index (χ0) is 14.1. The fraction of sp³-hybridized carbons (Fsp3) is 0.889. The van der Waals surface area contributed by atoms with Crippen LogP contribution in [0.5, 0.6) is 0 Å². The number of aliphatic hydroxyl groups is 1. The van der Waals surface area contributed by atoms with Gasteiger partial charge in [-0.2, -0.15) is 22.0 Å². The van der Waals surface area contributed by atoms with E-state index in [-0.39, 0.29) is 0 Å². The highest BCUT2D eigenvalue weighted by atomic mass is 19.4. The molecule has 0 aromatic carbocycles. The number of halogens is 5. The van der Waals surface area contributed by atoms with Crippen molar-refractivity contribution in [2.24, 2.45) is 0 Å². The monoisotopic (exact) mass is 264 g/mol. The summed E-state index contributed by atoms with van der Waals surface area (Å²) in [4.78, 5) is 11.0. The van der Waals surface area contributed by atoms with Crippen molar-refractivity contribution >= 4 is 5.97 Å². The summed E-state index contributed by atoms with van der Waals surface area (Å²) in [6.07, 6.45) is -10.4. The van der Waals surface area contributed by atoms with Crippen molar-refractivity contribution in [3.8, 4) is 0 Å². The highest BCUT2D eigenvalue weighted by molar-refractivity contribution is 5.74. The van der Waals surface area contributed by atoms with Gasteiger partial charge >= 0.3 is 18.1 Å². The van der Waals surface area contributed by atoms with E-state index in [2.05, 4.69) is 4.74 Å². The third-order valence-electron chi connectivity index (χ3n) is 1.54. The van der Waals surface area contributed by atoms with Gasteiger partial charge in [-0.1, -0.05) is 0 Å². The first kappa shape index (κ1) is 16.1. The Hall–Kier alpha value is -0.920. The molecule has 0 amide bonds. The van der Waals surface area contributed by atoms with Crippen molar-refractivity contribution in [1.29, 1.82) is 0 Å². The summed E-state index contributed by atoms with van der Waals surface area (Å²) in [6.45, 7) is 4.17. The van der Waals surface area contributed by atoms with Crippen LogP contribution in [0.15, 0.2) is 0 Å². The summed E-state index contributed by atoms with van der Waals surface area (Å²) in [5.74, 6) is -6.65. The first-order valence-electron chi connectivity index (χ1n) is 4.62. The molecule has 0 heterocycles. The molecule has 0 spiro atoms. The van der Waals surface area contributed by atoms with Crippen molar-refractivity contribution in [2.45, 2.75) is 51.0 Å². The van der Waals surface area contributed by atoms with E-state index in [0.717, 1.165) is 0 Å². The number of ether oxygens (including phenoxy) is 1. The van der Waals surface area contributed by atoms with Crippen molar-refractivity contribution in [3.05, 3.63) is 0 Å². The Morgan fingerprint density at radius 1 is 1.18 bits per heavy atom. The topological polar surface area (TPSA) is 46.5 Å². The van der Waals surface area contributed by atoms with Gasteiger partial charge in [-0.15, -0.1) is 0 Å². The third kappa shape index (κ3) is 5.29. The maximum Gasteiger partial charge on any atom is 0.453 e. The molecular weight excluding hydrogens is 251 g/mol. The number of hydrogen-bond donors (Lipinski definition) is 1. The first-order valence-corrected chi connectivity index (χ1v) is 4.62. The van der Waals surface area contributed by atoms with Crippen LogP contribution in [0.25, 0.3) is 0 Å². The van der Waals surface area contributed by atoms with Gasteiger partial charge in [-0.3, -0.25) is 0 Å². The lowest BCUT2D eigenvalue weighted by Gasteiger charge is -2.24. The number of hydrogen-bond acceptors (Lipinski definition) is 3. The summed E-state index contributed by atoms with van der Waals surface area (Å²) in [5.41, 5.74) is -1.08. The van der Waals surface area contributed by atoms with Gasteiger partial charge < -0.3 is 9.84 Å². The smallest absolute Gasteiger partial charge is 0.453 e. The van der Waals surface area contributed by atoms with Crippen LogP contribution in [0, 0.1) is 0 Å². The number of carbonyl (C=O) groups excluding carboxylic acids is 1. The summed E-state index contributed by atoms with van der Waals surface area (Å²) in [6, 6.07) is 0. The molecule has 1 N–H and O–H groups in total. The van der Waals surface area contributed by atoms with Crippen molar-refractivity contribution in [1.82, 2.24) is 0 Å². The predicted octanol–water partition coefficient (Wildman–Crippen LogP) is 2.28. The predicted molar refractivity (Wildman–Crippen MR) is 47.5 cm³/mol. The Bertz CT molecular complexity index is 279. The van der Waals surface area contributed by atoms with E-state index in [4.69, 9.17) is 5.11 Å². The summed E-state index contributed by atoms with van der Waals surface area (Å²) in [5, 5.41) is 8.93. The molecule has 0 saturated heterocycles. The standard InChI is InChI=1S/C9H13F5O3/c1-7(2,3)17-6(16)5(15)4-8(10,11)9(12,13)14/h5,15H,4H2,1-3H3. The van der Waals surface area contributed by atoms with Gasteiger partial charge in [-0.25, -0.2) is 4.79 Å². The lowest BCUT2D eigenvalue weighted by Crippen LogP contribution is -2.43. The molecule has 17 heavy (non-hydrogen) atoms. The van der Waals surface area contributed by atoms with Crippen molar-refractivity contribution < 1.29 is 36.6 Å². The highest BCUT2D eigenvalue weighted by Gasteiger charge is 2.58. The van der Waals surface area contributed by atoms with Crippen molar-refractivity contribution in [3.63, 3.8) is 0 Å².